The van der Waals surface area contributed by atoms with Crippen molar-refractivity contribution in [1.82, 2.24) is 10.6 Å². The normalized spacial score (nSPS) is 18.8. The number of carbonyl (C=O) groups is 3. The van der Waals surface area contributed by atoms with Crippen molar-refractivity contribution in [2.75, 3.05) is 13.2 Å². The zero-order valence-electron chi connectivity index (χ0n) is 16.9. The summed E-state index contributed by atoms with van der Waals surface area (Å²) in [7, 11) is 0. The van der Waals surface area contributed by atoms with Crippen LogP contribution in [0.25, 0.3) is 11.1 Å². The van der Waals surface area contributed by atoms with Crippen LogP contribution in [-0.2, 0) is 14.3 Å². The highest BCUT2D eigenvalue weighted by Gasteiger charge is 2.29. The van der Waals surface area contributed by atoms with Crippen molar-refractivity contribution in [3.63, 3.8) is 0 Å². The van der Waals surface area contributed by atoms with Crippen LogP contribution in [-0.4, -0.2) is 42.3 Å². The summed E-state index contributed by atoms with van der Waals surface area (Å²) < 4.78 is 5.44. The predicted octanol–water partition coefficient (Wildman–Crippen LogP) is 3.06. The molecular weight excluding hydrogens is 396 g/mol. The van der Waals surface area contributed by atoms with E-state index in [1.54, 1.807) is 12.2 Å². The number of carboxylic acids is 1. The quantitative estimate of drug-likeness (QED) is 0.597. The number of carbonyl (C=O) groups excluding carboxylic acids is 2. The van der Waals surface area contributed by atoms with E-state index in [1.165, 1.54) is 0 Å². The van der Waals surface area contributed by atoms with Gasteiger partial charge in [-0.1, -0.05) is 60.7 Å². The first-order valence-corrected chi connectivity index (χ1v) is 10.3. The third kappa shape index (κ3) is 4.60. The fourth-order valence-corrected chi connectivity index (χ4v) is 4.20. The van der Waals surface area contributed by atoms with Crippen LogP contribution in [0, 0.1) is 5.92 Å². The smallest absolute Gasteiger partial charge is 0.407 e. The standard InChI is InChI=1S/C24H24N2O5/c27-22(26-16-10-9-15(13-16)23(28)29)11-12-25-24(30)31-14-21-19-7-3-1-5-17(19)18-6-2-4-8-20(18)21/h1-10,15-16,21H,11-14H2,(H,25,30)(H,26,27)(H,28,29). The molecule has 2 aliphatic carbocycles. The summed E-state index contributed by atoms with van der Waals surface area (Å²) in [5.41, 5.74) is 4.60. The molecule has 2 aromatic rings. The number of benzene rings is 2. The maximum Gasteiger partial charge on any atom is 0.407 e. The number of fused-ring (bicyclic) bond motifs is 3. The highest BCUT2D eigenvalue weighted by atomic mass is 16.5. The van der Waals surface area contributed by atoms with Crippen molar-refractivity contribution in [2.45, 2.75) is 24.8 Å². The highest BCUT2D eigenvalue weighted by Crippen LogP contribution is 2.44. The third-order valence-electron chi connectivity index (χ3n) is 5.71. The van der Waals surface area contributed by atoms with Gasteiger partial charge in [0.25, 0.3) is 0 Å². The van der Waals surface area contributed by atoms with E-state index in [1.807, 2.05) is 24.3 Å². The number of amides is 2. The third-order valence-corrected chi connectivity index (χ3v) is 5.71. The summed E-state index contributed by atoms with van der Waals surface area (Å²) >= 11 is 0. The Morgan fingerprint density at radius 1 is 0.968 bits per heavy atom. The van der Waals surface area contributed by atoms with E-state index >= 15 is 0 Å². The Kier molecular flexibility index (Phi) is 6.02. The van der Waals surface area contributed by atoms with E-state index < -0.39 is 18.0 Å². The van der Waals surface area contributed by atoms with Gasteiger partial charge >= 0.3 is 12.1 Å². The molecule has 2 amide bonds. The summed E-state index contributed by atoms with van der Waals surface area (Å²) in [6.07, 6.45) is 3.15. The van der Waals surface area contributed by atoms with Gasteiger partial charge in [0.1, 0.15) is 6.61 Å². The largest absolute Gasteiger partial charge is 0.481 e. The van der Waals surface area contributed by atoms with Crippen molar-refractivity contribution < 1.29 is 24.2 Å². The first kappa shape index (κ1) is 20.7. The Labute approximate surface area is 180 Å². The number of carboxylic acid groups (broad SMARTS) is 1. The molecule has 0 aromatic heterocycles. The molecule has 7 heteroatoms. The van der Waals surface area contributed by atoms with Crippen molar-refractivity contribution >= 4 is 18.0 Å². The van der Waals surface area contributed by atoms with Gasteiger partial charge in [0.15, 0.2) is 0 Å². The fraction of sp³-hybridized carbons (Fsp3) is 0.292. The SMILES string of the molecule is O=C(CCNC(=O)OCC1c2ccccc2-c2ccccc21)NC1C=CC(C(=O)O)C1. The van der Waals surface area contributed by atoms with Gasteiger partial charge in [-0.2, -0.15) is 0 Å². The molecule has 2 aromatic carbocycles. The van der Waals surface area contributed by atoms with Crippen molar-refractivity contribution in [3.05, 3.63) is 71.8 Å². The van der Waals surface area contributed by atoms with E-state index in [4.69, 9.17) is 9.84 Å². The number of aliphatic carboxylic acids is 1. The summed E-state index contributed by atoms with van der Waals surface area (Å²) in [6, 6.07) is 15.9. The van der Waals surface area contributed by atoms with Crippen LogP contribution in [0.2, 0.25) is 0 Å². The molecule has 0 saturated heterocycles. The van der Waals surface area contributed by atoms with Crippen LogP contribution in [0.5, 0.6) is 0 Å². The van der Waals surface area contributed by atoms with E-state index in [0.717, 1.165) is 22.3 Å². The minimum atomic E-state index is -0.898. The first-order chi connectivity index (χ1) is 15.0. The first-order valence-electron chi connectivity index (χ1n) is 10.3. The topological polar surface area (TPSA) is 105 Å². The van der Waals surface area contributed by atoms with Crippen molar-refractivity contribution in [3.8, 4) is 11.1 Å². The van der Waals surface area contributed by atoms with Crippen LogP contribution in [0.3, 0.4) is 0 Å². The summed E-state index contributed by atoms with van der Waals surface area (Å²) in [6.45, 7) is 0.358. The fourth-order valence-electron chi connectivity index (χ4n) is 4.20. The van der Waals surface area contributed by atoms with Crippen LogP contribution in [0.4, 0.5) is 4.79 Å². The van der Waals surface area contributed by atoms with Gasteiger partial charge in [0.2, 0.25) is 5.91 Å². The molecule has 0 saturated carbocycles. The van der Waals surface area contributed by atoms with E-state index in [0.29, 0.717) is 6.42 Å². The molecule has 0 heterocycles. The van der Waals surface area contributed by atoms with Gasteiger partial charge in [-0.3, -0.25) is 9.59 Å². The van der Waals surface area contributed by atoms with Gasteiger partial charge < -0.3 is 20.5 Å². The van der Waals surface area contributed by atoms with Crippen LogP contribution >= 0.6 is 0 Å². The molecule has 0 fully saturated rings. The van der Waals surface area contributed by atoms with Crippen molar-refractivity contribution in [2.24, 2.45) is 5.92 Å². The molecule has 0 bridgehead atoms. The number of ether oxygens (including phenoxy) is 1. The van der Waals surface area contributed by atoms with Gasteiger partial charge in [-0.25, -0.2) is 4.79 Å². The van der Waals surface area contributed by atoms with E-state index in [-0.39, 0.29) is 37.4 Å². The number of hydrogen-bond acceptors (Lipinski definition) is 4. The zero-order chi connectivity index (χ0) is 21.8. The molecule has 31 heavy (non-hydrogen) atoms. The van der Waals surface area contributed by atoms with Gasteiger partial charge in [0.05, 0.1) is 5.92 Å². The molecule has 2 atom stereocenters. The zero-order valence-corrected chi connectivity index (χ0v) is 16.9. The van der Waals surface area contributed by atoms with Crippen LogP contribution in [0.1, 0.15) is 29.9 Å². The lowest BCUT2D eigenvalue weighted by Crippen LogP contribution is -2.36. The number of rotatable bonds is 7. The number of alkyl carbamates (subject to hydrolysis) is 1. The molecule has 160 valence electrons. The lowest BCUT2D eigenvalue weighted by atomic mass is 9.98. The Balaban J connectivity index is 1.22. The molecular formula is C24H24N2O5. The lowest BCUT2D eigenvalue weighted by molar-refractivity contribution is -0.140. The monoisotopic (exact) mass is 420 g/mol. The average Bonchev–Trinajstić information content (AvgIpc) is 3.35. The average molecular weight is 420 g/mol. The second kappa shape index (κ2) is 9.04. The van der Waals surface area contributed by atoms with E-state index in [9.17, 15) is 14.4 Å². The molecule has 0 spiro atoms. The second-order valence-corrected chi connectivity index (χ2v) is 7.74. The van der Waals surface area contributed by atoms with Gasteiger partial charge in [-0.15, -0.1) is 0 Å². The molecule has 0 aliphatic heterocycles. The second-order valence-electron chi connectivity index (χ2n) is 7.74. The van der Waals surface area contributed by atoms with Crippen LogP contribution < -0.4 is 10.6 Å². The minimum absolute atomic E-state index is 0.0159. The summed E-state index contributed by atoms with van der Waals surface area (Å²) in [4.78, 5) is 35.1. The Morgan fingerprint density at radius 2 is 1.61 bits per heavy atom. The molecule has 3 N–H and O–H groups in total. The highest BCUT2D eigenvalue weighted by molar-refractivity contribution is 5.80. The summed E-state index contributed by atoms with van der Waals surface area (Å²) in [5.74, 6) is -1.73. The molecule has 2 unspecified atom stereocenters. The molecule has 0 radical (unpaired) electrons. The Morgan fingerprint density at radius 3 is 2.23 bits per heavy atom. The Hall–Kier alpha value is -3.61. The molecule has 4 rings (SSSR count). The molecule has 2 aliphatic rings. The lowest BCUT2D eigenvalue weighted by Gasteiger charge is -2.15. The number of hydrogen-bond donors (Lipinski definition) is 3. The van der Waals surface area contributed by atoms with E-state index in [2.05, 4.69) is 34.9 Å². The van der Waals surface area contributed by atoms with Crippen LogP contribution in [0.15, 0.2) is 60.7 Å². The predicted molar refractivity (Wildman–Crippen MR) is 115 cm³/mol. The maximum absolute atomic E-state index is 12.1. The molecule has 7 nitrogen and oxygen atoms in total. The van der Waals surface area contributed by atoms with Crippen molar-refractivity contribution in [1.29, 1.82) is 0 Å². The van der Waals surface area contributed by atoms with Gasteiger partial charge in [-0.05, 0) is 28.7 Å². The minimum Gasteiger partial charge on any atom is -0.481 e. The summed E-state index contributed by atoms with van der Waals surface area (Å²) in [5, 5.41) is 14.3. The maximum atomic E-state index is 12.1. The Bertz CT molecular complexity index is 987. The van der Waals surface area contributed by atoms with Gasteiger partial charge in [0, 0.05) is 24.9 Å². The number of nitrogens with one attached hydrogen (secondary N) is 2.